The van der Waals surface area contributed by atoms with E-state index in [-0.39, 0.29) is 11.9 Å². The Kier molecular flexibility index (Phi) is 2.56. The third kappa shape index (κ3) is 1.87. The van der Waals surface area contributed by atoms with Crippen LogP contribution >= 0.6 is 0 Å². The molecule has 1 amide bonds. The van der Waals surface area contributed by atoms with E-state index in [4.69, 9.17) is 10.5 Å². The zero-order chi connectivity index (χ0) is 13.4. The van der Waals surface area contributed by atoms with Gasteiger partial charge in [-0.15, -0.1) is 0 Å². The van der Waals surface area contributed by atoms with Crippen LogP contribution in [-0.4, -0.2) is 23.0 Å². The minimum absolute atomic E-state index is 0.111. The van der Waals surface area contributed by atoms with Gasteiger partial charge in [0.1, 0.15) is 5.75 Å². The number of fused-ring (bicyclic) bond motifs is 1. The van der Waals surface area contributed by atoms with Crippen LogP contribution in [0.4, 0.5) is 11.6 Å². The molecule has 19 heavy (non-hydrogen) atoms. The second kappa shape index (κ2) is 4.24. The van der Waals surface area contributed by atoms with Crippen LogP contribution in [-0.2, 0) is 6.54 Å². The molecule has 1 aromatic carbocycles. The van der Waals surface area contributed by atoms with Crippen LogP contribution in [0.5, 0.6) is 5.75 Å². The first-order chi connectivity index (χ1) is 9.19. The number of carbonyl (C=O) groups is 1. The molecule has 1 aliphatic heterocycles. The van der Waals surface area contributed by atoms with Crippen LogP contribution in [0.1, 0.15) is 16.1 Å². The van der Waals surface area contributed by atoms with Gasteiger partial charge in [0.15, 0.2) is 0 Å². The number of nitrogens with two attached hydrogens (primary N) is 1. The van der Waals surface area contributed by atoms with Crippen molar-refractivity contribution in [3.8, 4) is 5.75 Å². The van der Waals surface area contributed by atoms with Crippen molar-refractivity contribution in [2.45, 2.75) is 6.54 Å². The second-order valence-electron chi connectivity index (χ2n) is 4.18. The molecule has 0 saturated carbocycles. The third-order valence-corrected chi connectivity index (χ3v) is 3.05. The molecular formula is C13H12N4O2. The lowest BCUT2D eigenvalue weighted by Gasteiger charge is -2.15. The van der Waals surface area contributed by atoms with Crippen molar-refractivity contribution in [2.24, 2.45) is 0 Å². The van der Waals surface area contributed by atoms with E-state index in [1.165, 1.54) is 6.20 Å². The summed E-state index contributed by atoms with van der Waals surface area (Å²) < 4.78 is 5.09. The highest BCUT2D eigenvalue weighted by atomic mass is 16.5. The summed E-state index contributed by atoms with van der Waals surface area (Å²) in [5.74, 6) is 0.820. The highest BCUT2D eigenvalue weighted by Gasteiger charge is 2.30. The molecule has 6 nitrogen and oxygen atoms in total. The van der Waals surface area contributed by atoms with E-state index in [1.807, 2.05) is 24.3 Å². The van der Waals surface area contributed by atoms with Gasteiger partial charge >= 0.3 is 0 Å². The van der Waals surface area contributed by atoms with Crippen LogP contribution in [0.3, 0.4) is 0 Å². The Hall–Kier alpha value is -2.63. The molecule has 3 rings (SSSR count). The van der Waals surface area contributed by atoms with Gasteiger partial charge in [-0.3, -0.25) is 4.79 Å². The van der Waals surface area contributed by atoms with E-state index in [2.05, 4.69) is 9.97 Å². The summed E-state index contributed by atoms with van der Waals surface area (Å²) in [6.07, 6.45) is 1.48. The van der Waals surface area contributed by atoms with Gasteiger partial charge in [-0.05, 0) is 24.3 Å². The molecule has 0 fully saturated rings. The molecule has 1 aromatic heterocycles. The average molecular weight is 256 g/mol. The Bertz CT molecular complexity index is 640. The molecule has 96 valence electrons. The summed E-state index contributed by atoms with van der Waals surface area (Å²) in [6.45, 7) is 0.410. The zero-order valence-corrected chi connectivity index (χ0v) is 10.3. The quantitative estimate of drug-likeness (QED) is 0.873. The van der Waals surface area contributed by atoms with Crippen LogP contribution < -0.4 is 15.4 Å². The van der Waals surface area contributed by atoms with Crippen LogP contribution in [0.25, 0.3) is 0 Å². The molecule has 0 atom stereocenters. The first kappa shape index (κ1) is 11.5. The molecular weight excluding hydrogens is 244 g/mol. The van der Waals surface area contributed by atoms with Gasteiger partial charge in [-0.2, -0.15) is 0 Å². The van der Waals surface area contributed by atoms with Gasteiger partial charge in [0.25, 0.3) is 5.91 Å². The maximum absolute atomic E-state index is 12.2. The topological polar surface area (TPSA) is 81.3 Å². The molecule has 2 N–H and O–H groups in total. The van der Waals surface area contributed by atoms with E-state index < -0.39 is 0 Å². The largest absolute Gasteiger partial charge is 0.497 e. The smallest absolute Gasteiger partial charge is 0.262 e. The minimum atomic E-state index is -0.111. The van der Waals surface area contributed by atoms with Gasteiger partial charge in [0.2, 0.25) is 5.95 Å². The predicted octanol–water partition coefficient (Wildman–Crippen LogP) is 1.23. The normalized spacial score (nSPS) is 13.5. The van der Waals surface area contributed by atoms with E-state index in [9.17, 15) is 4.79 Å². The van der Waals surface area contributed by atoms with Crippen LogP contribution in [0, 0.1) is 0 Å². The first-order valence-corrected chi connectivity index (χ1v) is 5.76. The number of anilines is 2. The van der Waals surface area contributed by atoms with Gasteiger partial charge in [0, 0.05) is 11.9 Å². The molecule has 2 aromatic rings. The fraction of sp³-hybridized carbons (Fsp3) is 0.154. The number of hydrogen-bond donors (Lipinski definition) is 1. The van der Waals surface area contributed by atoms with Gasteiger partial charge in [-0.25, -0.2) is 9.97 Å². The van der Waals surface area contributed by atoms with Crippen molar-refractivity contribution in [1.29, 1.82) is 0 Å². The molecule has 0 spiro atoms. The van der Waals surface area contributed by atoms with Gasteiger partial charge in [0.05, 0.1) is 24.9 Å². The SMILES string of the molecule is COc1ccc(N2Cc3nc(N)ncc3C2=O)cc1. The van der Waals surface area contributed by atoms with Crippen LogP contribution in [0.2, 0.25) is 0 Å². The Balaban J connectivity index is 1.94. The Morgan fingerprint density at radius 3 is 2.74 bits per heavy atom. The summed E-state index contributed by atoms with van der Waals surface area (Å²) in [7, 11) is 1.60. The number of methoxy groups -OCH3 is 1. The average Bonchev–Trinajstić information content (AvgIpc) is 2.75. The van der Waals surface area contributed by atoms with E-state index in [1.54, 1.807) is 12.0 Å². The highest BCUT2D eigenvalue weighted by molar-refractivity contribution is 6.09. The first-order valence-electron chi connectivity index (χ1n) is 5.76. The zero-order valence-electron chi connectivity index (χ0n) is 10.3. The molecule has 0 saturated heterocycles. The molecule has 2 heterocycles. The van der Waals surface area contributed by atoms with E-state index >= 15 is 0 Å². The minimum Gasteiger partial charge on any atom is -0.497 e. The predicted molar refractivity (Wildman–Crippen MR) is 70.0 cm³/mol. The molecule has 0 bridgehead atoms. The summed E-state index contributed by atoms with van der Waals surface area (Å²) in [6, 6.07) is 7.29. The number of ether oxygens (including phenoxy) is 1. The summed E-state index contributed by atoms with van der Waals surface area (Å²) >= 11 is 0. The maximum Gasteiger partial charge on any atom is 0.262 e. The second-order valence-corrected chi connectivity index (χ2v) is 4.18. The molecule has 6 heteroatoms. The van der Waals surface area contributed by atoms with Crippen molar-refractivity contribution in [2.75, 3.05) is 17.7 Å². The Morgan fingerprint density at radius 2 is 2.05 bits per heavy atom. The van der Waals surface area contributed by atoms with Crippen molar-refractivity contribution in [3.05, 3.63) is 41.7 Å². The fourth-order valence-electron chi connectivity index (χ4n) is 2.07. The van der Waals surface area contributed by atoms with Gasteiger partial charge < -0.3 is 15.4 Å². The molecule has 0 radical (unpaired) electrons. The maximum atomic E-state index is 12.2. The molecule has 1 aliphatic rings. The Labute approximate surface area is 109 Å². The number of carbonyl (C=O) groups excluding carboxylic acids is 1. The Morgan fingerprint density at radius 1 is 1.32 bits per heavy atom. The number of rotatable bonds is 2. The monoisotopic (exact) mass is 256 g/mol. The summed E-state index contributed by atoms with van der Waals surface area (Å²) in [4.78, 5) is 21.8. The molecule has 0 aliphatic carbocycles. The van der Waals surface area contributed by atoms with Gasteiger partial charge in [-0.1, -0.05) is 0 Å². The van der Waals surface area contributed by atoms with Crippen molar-refractivity contribution in [3.63, 3.8) is 0 Å². The lowest BCUT2D eigenvalue weighted by Crippen LogP contribution is -2.22. The highest BCUT2D eigenvalue weighted by Crippen LogP contribution is 2.28. The number of aromatic nitrogens is 2. The third-order valence-electron chi connectivity index (χ3n) is 3.05. The lowest BCUT2D eigenvalue weighted by molar-refractivity contribution is 0.0996. The summed E-state index contributed by atoms with van der Waals surface area (Å²) in [5, 5.41) is 0. The van der Waals surface area contributed by atoms with Crippen molar-refractivity contribution >= 4 is 17.5 Å². The van der Waals surface area contributed by atoms with E-state index in [0.29, 0.717) is 17.8 Å². The fourth-order valence-corrected chi connectivity index (χ4v) is 2.07. The van der Waals surface area contributed by atoms with Crippen molar-refractivity contribution in [1.82, 2.24) is 9.97 Å². The van der Waals surface area contributed by atoms with Crippen molar-refractivity contribution < 1.29 is 9.53 Å². The number of hydrogen-bond acceptors (Lipinski definition) is 5. The molecule has 0 unspecified atom stereocenters. The summed E-state index contributed by atoms with van der Waals surface area (Å²) in [5.41, 5.74) is 7.49. The number of amides is 1. The number of benzene rings is 1. The number of nitrogen functional groups attached to an aromatic ring is 1. The number of nitrogens with zero attached hydrogens (tertiary/aromatic N) is 3. The van der Waals surface area contributed by atoms with E-state index in [0.717, 1.165) is 11.4 Å². The van der Waals surface area contributed by atoms with Crippen LogP contribution in [0.15, 0.2) is 30.5 Å². The lowest BCUT2D eigenvalue weighted by atomic mass is 10.2. The standard InChI is InChI=1S/C13H12N4O2/c1-19-9-4-2-8(3-5-9)17-7-11-10(12(17)18)6-15-13(14)16-11/h2-6H,7H2,1H3,(H2,14,15,16).